The standard InChI is InChI=1S/C23H22F2N6O/c1-23(2,26)22(32)30-9-10-31-19(13-30)29-20(14-5-4-6-15(24)11-14)21(31)28-16-7-8-17(25)18(12-16)27-3/h4-8,11-12,28H,9-10,13,26H2,1-2H3. The third-order valence-electron chi connectivity index (χ3n) is 5.24. The molecule has 164 valence electrons. The zero-order chi connectivity index (χ0) is 23.0. The Labute approximate surface area is 184 Å². The molecule has 1 amide bonds. The minimum absolute atomic E-state index is 0.109. The fourth-order valence-electron chi connectivity index (χ4n) is 3.69. The smallest absolute Gasteiger partial charge is 0.242 e. The maximum Gasteiger partial charge on any atom is 0.242 e. The summed E-state index contributed by atoms with van der Waals surface area (Å²) in [5.41, 5.74) is 6.42. The summed E-state index contributed by atoms with van der Waals surface area (Å²) >= 11 is 0. The van der Waals surface area contributed by atoms with Crippen molar-refractivity contribution >= 4 is 23.1 Å². The average Bonchev–Trinajstić information content (AvgIpc) is 3.11. The second kappa shape index (κ2) is 8.05. The van der Waals surface area contributed by atoms with E-state index in [9.17, 15) is 13.6 Å². The van der Waals surface area contributed by atoms with Crippen LogP contribution < -0.4 is 11.1 Å². The molecule has 0 saturated heterocycles. The van der Waals surface area contributed by atoms with Crippen LogP contribution in [-0.4, -0.2) is 32.4 Å². The number of aromatic nitrogens is 2. The summed E-state index contributed by atoms with van der Waals surface area (Å²) in [5, 5.41) is 3.21. The van der Waals surface area contributed by atoms with Crippen LogP contribution in [0, 0.1) is 18.2 Å². The van der Waals surface area contributed by atoms with E-state index in [0.29, 0.717) is 41.7 Å². The van der Waals surface area contributed by atoms with E-state index in [1.165, 1.54) is 30.3 Å². The summed E-state index contributed by atoms with van der Waals surface area (Å²) < 4.78 is 29.6. The average molecular weight is 436 g/mol. The molecule has 3 aromatic rings. The summed E-state index contributed by atoms with van der Waals surface area (Å²) in [6.45, 7) is 11.6. The Morgan fingerprint density at radius 2 is 2.00 bits per heavy atom. The van der Waals surface area contributed by atoms with Crippen molar-refractivity contribution < 1.29 is 13.6 Å². The minimum atomic E-state index is -1.01. The van der Waals surface area contributed by atoms with Crippen LogP contribution in [0.2, 0.25) is 0 Å². The number of nitrogens with zero attached hydrogens (tertiary/aromatic N) is 4. The molecule has 0 radical (unpaired) electrons. The van der Waals surface area contributed by atoms with Gasteiger partial charge in [0.05, 0.1) is 18.7 Å². The molecule has 1 aliphatic rings. The number of imidazole rings is 1. The van der Waals surface area contributed by atoms with Gasteiger partial charge in [-0.25, -0.2) is 18.6 Å². The molecule has 0 fully saturated rings. The van der Waals surface area contributed by atoms with Crippen molar-refractivity contribution in [3.63, 3.8) is 0 Å². The van der Waals surface area contributed by atoms with Crippen LogP contribution in [0.5, 0.6) is 0 Å². The van der Waals surface area contributed by atoms with Crippen LogP contribution in [0.4, 0.5) is 26.0 Å². The molecule has 0 aliphatic carbocycles. The van der Waals surface area contributed by atoms with Gasteiger partial charge in [0.1, 0.15) is 29.0 Å². The number of nitrogens with two attached hydrogens (primary N) is 1. The van der Waals surface area contributed by atoms with Gasteiger partial charge in [-0.15, -0.1) is 0 Å². The van der Waals surface area contributed by atoms with Gasteiger partial charge >= 0.3 is 0 Å². The van der Waals surface area contributed by atoms with E-state index in [-0.39, 0.29) is 18.1 Å². The topological polar surface area (TPSA) is 80.5 Å². The van der Waals surface area contributed by atoms with Gasteiger partial charge in [0.2, 0.25) is 11.6 Å². The zero-order valence-corrected chi connectivity index (χ0v) is 17.7. The highest BCUT2D eigenvalue weighted by Gasteiger charge is 2.32. The van der Waals surface area contributed by atoms with Crippen LogP contribution in [0.25, 0.3) is 16.1 Å². The van der Waals surface area contributed by atoms with Crippen LogP contribution in [0.1, 0.15) is 19.7 Å². The summed E-state index contributed by atoms with van der Waals surface area (Å²) in [7, 11) is 0. The van der Waals surface area contributed by atoms with Crippen molar-refractivity contribution in [1.29, 1.82) is 0 Å². The zero-order valence-electron chi connectivity index (χ0n) is 17.7. The lowest BCUT2D eigenvalue weighted by molar-refractivity contribution is -0.137. The maximum absolute atomic E-state index is 13.9. The van der Waals surface area contributed by atoms with E-state index in [1.54, 1.807) is 30.9 Å². The molecule has 9 heteroatoms. The van der Waals surface area contributed by atoms with Crippen molar-refractivity contribution in [2.45, 2.75) is 32.5 Å². The number of hydrogen-bond acceptors (Lipinski definition) is 4. The van der Waals surface area contributed by atoms with E-state index in [2.05, 4.69) is 10.2 Å². The quantitative estimate of drug-likeness (QED) is 0.601. The Balaban J connectivity index is 1.78. The number of anilines is 2. The Bertz CT molecular complexity index is 1240. The number of amides is 1. The van der Waals surface area contributed by atoms with Crippen LogP contribution in [-0.2, 0) is 17.9 Å². The van der Waals surface area contributed by atoms with Gasteiger partial charge in [0, 0.05) is 24.3 Å². The molecule has 2 aromatic carbocycles. The van der Waals surface area contributed by atoms with Crippen molar-refractivity contribution in [3.05, 3.63) is 71.3 Å². The fraction of sp³-hybridized carbons (Fsp3) is 0.261. The molecule has 3 N–H and O–H groups in total. The number of halogens is 2. The largest absolute Gasteiger partial charge is 0.341 e. The summed E-state index contributed by atoms with van der Waals surface area (Å²) in [6.07, 6.45) is 0. The highest BCUT2D eigenvalue weighted by Crippen LogP contribution is 2.35. The third kappa shape index (κ3) is 4.05. The molecule has 4 rings (SSSR count). The van der Waals surface area contributed by atoms with E-state index in [0.717, 1.165) is 0 Å². The van der Waals surface area contributed by atoms with Crippen LogP contribution in [0.15, 0.2) is 42.5 Å². The molecular weight excluding hydrogens is 414 g/mol. The highest BCUT2D eigenvalue weighted by atomic mass is 19.1. The molecule has 7 nitrogen and oxygen atoms in total. The maximum atomic E-state index is 13.9. The molecule has 0 bridgehead atoms. The first kappa shape index (κ1) is 21.5. The highest BCUT2D eigenvalue weighted by molar-refractivity contribution is 5.85. The molecule has 2 heterocycles. The number of fused-ring (bicyclic) bond motifs is 1. The molecule has 32 heavy (non-hydrogen) atoms. The lowest BCUT2D eigenvalue weighted by Gasteiger charge is -2.33. The predicted octanol–water partition coefficient (Wildman–Crippen LogP) is 4.20. The minimum Gasteiger partial charge on any atom is -0.341 e. The lowest BCUT2D eigenvalue weighted by atomic mass is 10.1. The number of carbonyl (C=O) groups excluding carboxylic acids is 1. The van der Waals surface area contributed by atoms with Gasteiger partial charge in [-0.2, -0.15) is 0 Å². The molecule has 0 spiro atoms. The Morgan fingerprint density at radius 1 is 1.22 bits per heavy atom. The van der Waals surface area contributed by atoms with Gasteiger partial charge < -0.3 is 20.5 Å². The van der Waals surface area contributed by atoms with E-state index in [4.69, 9.17) is 17.3 Å². The van der Waals surface area contributed by atoms with Gasteiger partial charge in [0.15, 0.2) is 0 Å². The summed E-state index contributed by atoms with van der Waals surface area (Å²) in [4.78, 5) is 22.2. The lowest BCUT2D eigenvalue weighted by Crippen LogP contribution is -2.52. The molecule has 0 saturated carbocycles. The van der Waals surface area contributed by atoms with Crippen molar-refractivity contribution in [1.82, 2.24) is 14.5 Å². The normalized spacial score (nSPS) is 13.4. The van der Waals surface area contributed by atoms with Gasteiger partial charge in [-0.1, -0.05) is 12.1 Å². The first-order chi connectivity index (χ1) is 15.2. The summed E-state index contributed by atoms with van der Waals surface area (Å²) in [5.74, 6) is -0.00729. The fourth-order valence-corrected chi connectivity index (χ4v) is 3.69. The first-order valence-electron chi connectivity index (χ1n) is 10.0. The van der Waals surface area contributed by atoms with Crippen LogP contribution in [0.3, 0.4) is 0 Å². The molecule has 0 atom stereocenters. The molecule has 1 aliphatic heterocycles. The van der Waals surface area contributed by atoms with Crippen LogP contribution >= 0.6 is 0 Å². The van der Waals surface area contributed by atoms with Crippen molar-refractivity contribution in [3.8, 4) is 11.3 Å². The third-order valence-corrected chi connectivity index (χ3v) is 5.24. The number of benzene rings is 2. The van der Waals surface area contributed by atoms with E-state index in [1.807, 2.05) is 4.57 Å². The Morgan fingerprint density at radius 3 is 2.69 bits per heavy atom. The molecule has 1 aromatic heterocycles. The predicted molar refractivity (Wildman–Crippen MR) is 117 cm³/mol. The monoisotopic (exact) mass is 436 g/mol. The Kier molecular flexibility index (Phi) is 5.40. The molecule has 0 unspecified atom stereocenters. The number of carbonyl (C=O) groups is 1. The molecular formula is C23H22F2N6O. The van der Waals surface area contributed by atoms with Crippen molar-refractivity contribution in [2.75, 3.05) is 11.9 Å². The van der Waals surface area contributed by atoms with E-state index >= 15 is 0 Å². The van der Waals surface area contributed by atoms with Gasteiger partial charge in [-0.3, -0.25) is 4.79 Å². The first-order valence-corrected chi connectivity index (χ1v) is 10.0. The van der Waals surface area contributed by atoms with Crippen molar-refractivity contribution in [2.24, 2.45) is 5.73 Å². The Hall–Kier alpha value is -3.77. The van der Waals surface area contributed by atoms with E-state index < -0.39 is 17.2 Å². The number of nitrogens with one attached hydrogen (secondary N) is 1. The second-order valence-corrected chi connectivity index (χ2v) is 8.24. The number of hydrogen-bond donors (Lipinski definition) is 2. The second-order valence-electron chi connectivity index (χ2n) is 8.24. The SMILES string of the molecule is [C-]#[N+]c1cc(Nc2c(-c3cccc(F)c3)nc3n2CCN(C(=O)C(C)(C)N)C3)ccc1F. The van der Waals surface area contributed by atoms with Gasteiger partial charge in [-0.05, 0) is 44.2 Å². The summed E-state index contributed by atoms with van der Waals surface area (Å²) in [6, 6.07) is 10.2. The van der Waals surface area contributed by atoms with Gasteiger partial charge in [0.25, 0.3) is 0 Å². The number of rotatable bonds is 4.